The van der Waals surface area contributed by atoms with E-state index in [9.17, 15) is 0 Å². The molecule has 4 heteroatoms. The second-order valence-corrected chi connectivity index (χ2v) is 3.32. The molecular weight excluding hydrogens is 208 g/mol. The molecule has 0 heterocycles. The molecule has 0 saturated heterocycles. The summed E-state index contributed by atoms with van der Waals surface area (Å²) in [6.07, 6.45) is 1.73. The van der Waals surface area contributed by atoms with Crippen molar-refractivity contribution in [3.63, 3.8) is 0 Å². The van der Waals surface area contributed by atoms with Gasteiger partial charge in [-0.05, 0) is 18.4 Å². The standard InChI is InChI=1S/C11H8N2OS/c1-15-11(8-13)10(7-12)14-9-5-3-2-4-6-9/h2-6H,1H3/b11-10+. The van der Waals surface area contributed by atoms with Crippen molar-refractivity contribution < 1.29 is 4.74 Å². The van der Waals surface area contributed by atoms with E-state index in [4.69, 9.17) is 15.3 Å². The average Bonchev–Trinajstić information content (AvgIpc) is 2.30. The van der Waals surface area contributed by atoms with Crippen LogP contribution < -0.4 is 4.74 Å². The topological polar surface area (TPSA) is 56.8 Å². The number of benzene rings is 1. The van der Waals surface area contributed by atoms with Crippen molar-refractivity contribution in [1.29, 1.82) is 10.5 Å². The highest BCUT2D eigenvalue weighted by molar-refractivity contribution is 8.02. The quantitative estimate of drug-likeness (QED) is 0.575. The van der Waals surface area contributed by atoms with Crippen molar-refractivity contribution >= 4 is 11.8 Å². The van der Waals surface area contributed by atoms with Gasteiger partial charge in [0.15, 0.2) is 0 Å². The third kappa shape index (κ3) is 3.05. The van der Waals surface area contributed by atoms with Crippen molar-refractivity contribution in [3.8, 4) is 17.9 Å². The Labute approximate surface area is 92.6 Å². The van der Waals surface area contributed by atoms with E-state index in [1.54, 1.807) is 30.5 Å². The average molecular weight is 216 g/mol. The maximum absolute atomic E-state index is 8.82. The zero-order chi connectivity index (χ0) is 11.1. The molecule has 0 aromatic heterocycles. The van der Waals surface area contributed by atoms with E-state index in [0.29, 0.717) is 5.75 Å². The fourth-order valence-electron chi connectivity index (χ4n) is 0.915. The number of rotatable bonds is 3. The van der Waals surface area contributed by atoms with Gasteiger partial charge in [0.25, 0.3) is 0 Å². The summed E-state index contributed by atoms with van der Waals surface area (Å²) in [7, 11) is 0. The molecular formula is C11H8N2OS. The van der Waals surface area contributed by atoms with Gasteiger partial charge in [0.1, 0.15) is 22.8 Å². The number of nitriles is 2. The van der Waals surface area contributed by atoms with Gasteiger partial charge in [-0.15, -0.1) is 11.8 Å². The molecule has 74 valence electrons. The Balaban J connectivity index is 2.95. The molecule has 1 aromatic carbocycles. The van der Waals surface area contributed by atoms with Crippen LogP contribution in [0.15, 0.2) is 41.0 Å². The Morgan fingerprint density at radius 1 is 1.20 bits per heavy atom. The zero-order valence-electron chi connectivity index (χ0n) is 8.10. The minimum atomic E-state index is 0.0381. The lowest BCUT2D eigenvalue weighted by Crippen LogP contribution is -1.95. The van der Waals surface area contributed by atoms with Crippen LogP contribution in [0.1, 0.15) is 0 Å². The summed E-state index contributed by atoms with van der Waals surface area (Å²) < 4.78 is 5.28. The molecule has 0 amide bonds. The first-order chi connectivity index (χ1) is 7.31. The first kappa shape index (κ1) is 11.2. The molecule has 15 heavy (non-hydrogen) atoms. The maximum atomic E-state index is 8.82. The van der Waals surface area contributed by atoms with E-state index in [1.807, 2.05) is 18.2 Å². The second-order valence-electron chi connectivity index (χ2n) is 2.50. The number of allylic oxidation sites excluding steroid dienone is 2. The predicted molar refractivity (Wildman–Crippen MR) is 58.8 cm³/mol. The molecule has 0 aliphatic carbocycles. The van der Waals surface area contributed by atoms with Gasteiger partial charge >= 0.3 is 0 Å². The highest BCUT2D eigenvalue weighted by atomic mass is 32.2. The molecule has 0 fully saturated rings. The maximum Gasteiger partial charge on any atom is 0.228 e. The summed E-state index contributed by atoms with van der Waals surface area (Å²) in [6.45, 7) is 0. The third-order valence-corrected chi connectivity index (χ3v) is 2.26. The van der Waals surface area contributed by atoms with Gasteiger partial charge in [0.2, 0.25) is 5.76 Å². The molecule has 0 atom stereocenters. The summed E-state index contributed by atoms with van der Waals surface area (Å²) in [5.74, 6) is 0.590. The van der Waals surface area contributed by atoms with Crippen LogP contribution in [0.25, 0.3) is 0 Å². The van der Waals surface area contributed by atoms with E-state index in [1.165, 1.54) is 11.8 Å². The van der Waals surface area contributed by atoms with Gasteiger partial charge in [0.05, 0.1) is 0 Å². The van der Waals surface area contributed by atoms with E-state index < -0.39 is 0 Å². The SMILES string of the molecule is CS/C(C#N)=C(\C#N)Oc1ccccc1. The molecule has 0 unspecified atom stereocenters. The molecule has 0 spiro atoms. The van der Waals surface area contributed by atoms with Crippen LogP contribution >= 0.6 is 11.8 Å². The monoisotopic (exact) mass is 216 g/mol. The zero-order valence-corrected chi connectivity index (χ0v) is 8.91. The van der Waals surface area contributed by atoms with E-state index in [-0.39, 0.29) is 10.7 Å². The summed E-state index contributed by atoms with van der Waals surface area (Å²) in [6, 6.07) is 12.7. The number of ether oxygens (including phenoxy) is 1. The largest absolute Gasteiger partial charge is 0.444 e. The van der Waals surface area contributed by atoms with Gasteiger partial charge in [-0.1, -0.05) is 18.2 Å². The van der Waals surface area contributed by atoms with E-state index >= 15 is 0 Å². The molecule has 3 nitrogen and oxygen atoms in total. The third-order valence-electron chi connectivity index (χ3n) is 1.58. The van der Waals surface area contributed by atoms with Crippen LogP contribution in [0.3, 0.4) is 0 Å². The first-order valence-electron chi connectivity index (χ1n) is 4.13. The van der Waals surface area contributed by atoms with E-state index in [0.717, 1.165) is 0 Å². The minimum absolute atomic E-state index is 0.0381. The molecule has 0 aliphatic rings. The smallest absolute Gasteiger partial charge is 0.228 e. The van der Waals surface area contributed by atoms with Gasteiger partial charge < -0.3 is 4.74 Å². The summed E-state index contributed by atoms with van der Waals surface area (Å²) in [5.41, 5.74) is 0. The summed E-state index contributed by atoms with van der Waals surface area (Å²) in [4.78, 5) is 0.279. The minimum Gasteiger partial charge on any atom is -0.444 e. The summed E-state index contributed by atoms with van der Waals surface area (Å²) in [5, 5.41) is 17.6. The Morgan fingerprint density at radius 2 is 1.87 bits per heavy atom. The molecule has 0 radical (unpaired) electrons. The Morgan fingerprint density at radius 3 is 2.33 bits per heavy atom. The Kier molecular flexibility index (Phi) is 4.28. The van der Waals surface area contributed by atoms with Gasteiger partial charge in [-0.3, -0.25) is 0 Å². The van der Waals surface area contributed by atoms with Crippen molar-refractivity contribution in [2.24, 2.45) is 0 Å². The molecule has 0 bridgehead atoms. The molecule has 0 saturated carbocycles. The molecule has 0 N–H and O–H groups in total. The second kappa shape index (κ2) is 5.74. The lowest BCUT2D eigenvalue weighted by molar-refractivity contribution is 0.447. The van der Waals surface area contributed by atoms with Crippen molar-refractivity contribution in [3.05, 3.63) is 41.0 Å². The normalized spacial score (nSPS) is 10.9. The lowest BCUT2D eigenvalue weighted by Gasteiger charge is -2.03. The highest BCUT2D eigenvalue weighted by Crippen LogP contribution is 2.19. The number of thioether (sulfide) groups is 1. The van der Waals surface area contributed by atoms with Crippen LogP contribution in [0.2, 0.25) is 0 Å². The van der Waals surface area contributed by atoms with Crippen LogP contribution in [-0.4, -0.2) is 6.26 Å². The van der Waals surface area contributed by atoms with Crippen molar-refractivity contribution in [2.45, 2.75) is 0 Å². The van der Waals surface area contributed by atoms with Gasteiger partial charge in [0, 0.05) is 0 Å². The van der Waals surface area contributed by atoms with Crippen molar-refractivity contribution in [1.82, 2.24) is 0 Å². The molecule has 1 aromatic rings. The Bertz CT molecular complexity index is 440. The summed E-state index contributed by atoms with van der Waals surface area (Å²) >= 11 is 1.19. The lowest BCUT2D eigenvalue weighted by atomic mass is 10.3. The number of para-hydroxylation sites is 1. The highest BCUT2D eigenvalue weighted by Gasteiger charge is 2.07. The van der Waals surface area contributed by atoms with Gasteiger partial charge in [-0.25, -0.2) is 0 Å². The number of hydrogen-bond acceptors (Lipinski definition) is 4. The van der Waals surface area contributed by atoms with Crippen molar-refractivity contribution in [2.75, 3.05) is 6.26 Å². The van der Waals surface area contributed by atoms with Crippen LogP contribution in [0.5, 0.6) is 5.75 Å². The van der Waals surface area contributed by atoms with Gasteiger partial charge in [-0.2, -0.15) is 10.5 Å². The van der Waals surface area contributed by atoms with Crippen LogP contribution in [-0.2, 0) is 0 Å². The molecule has 0 aliphatic heterocycles. The number of hydrogen-bond donors (Lipinski definition) is 0. The number of nitrogens with zero attached hydrogens (tertiary/aromatic N) is 2. The van der Waals surface area contributed by atoms with Crippen LogP contribution in [0, 0.1) is 22.7 Å². The van der Waals surface area contributed by atoms with E-state index in [2.05, 4.69) is 0 Å². The molecule has 1 rings (SSSR count). The fourth-order valence-corrected chi connectivity index (χ4v) is 1.28. The Hall–Kier alpha value is -1.91. The fraction of sp³-hybridized carbons (Fsp3) is 0.0909. The van der Waals surface area contributed by atoms with Crippen LogP contribution in [0.4, 0.5) is 0 Å². The first-order valence-corrected chi connectivity index (χ1v) is 5.35. The predicted octanol–water partition coefficient (Wildman–Crippen LogP) is 2.69.